The van der Waals surface area contributed by atoms with Crippen molar-refractivity contribution in [3.63, 3.8) is 0 Å². The Kier molecular flexibility index (Phi) is 5.24. The molecule has 0 aliphatic carbocycles. The van der Waals surface area contributed by atoms with E-state index in [9.17, 15) is 14.7 Å². The van der Waals surface area contributed by atoms with Crippen LogP contribution >= 0.6 is 11.3 Å². The Morgan fingerprint density at radius 1 is 1.27 bits per heavy atom. The molecule has 2 aromatic carbocycles. The molecule has 0 bridgehead atoms. The summed E-state index contributed by atoms with van der Waals surface area (Å²) in [6.45, 7) is 4.40. The maximum absolute atomic E-state index is 13.3. The molecule has 4 rings (SSSR count). The number of carbonyl (C=O) groups excluding carboxylic acids is 2. The van der Waals surface area contributed by atoms with Gasteiger partial charge in [-0.15, -0.1) is 11.3 Å². The van der Waals surface area contributed by atoms with Gasteiger partial charge in [0.2, 0.25) is 5.91 Å². The van der Waals surface area contributed by atoms with E-state index in [4.69, 9.17) is 0 Å². The van der Waals surface area contributed by atoms with Crippen LogP contribution in [0.25, 0.3) is 10.2 Å². The number of likely N-dealkylation sites (tertiary alicyclic amines) is 1. The quantitative estimate of drug-likeness (QED) is 0.674. The molecular formula is C23H25N3O3S. The molecule has 2 atom stereocenters. The van der Waals surface area contributed by atoms with Crippen LogP contribution in [0.3, 0.4) is 0 Å². The summed E-state index contributed by atoms with van der Waals surface area (Å²) < 4.78 is 0.987. The van der Waals surface area contributed by atoms with Crippen LogP contribution in [0, 0.1) is 6.92 Å². The number of benzene rings is 2. The predicted molar refractivity (Wildman–Crippen MR) is 118 cm³/mol. The van der Waals surface area contributed by atoms with Crippen molar-refractivity contribution in [1.29, 1.82) is 0 Å². The van der Waals surface area contributed by atoms with Crippen molar-refractivity contribution in [2.24, 2.45) is 0 Å². The number of amides is 2. The van der Waals surface area contributed by atoms with Gasteiger partial charge in [-0.05, 0) is 68.1 Å². The summed E-state index contributed by atoms with van der Waals surface area (Å²) in [5, 5.41) is 12.9. The molecule has 3 aromatic rings. The minimum absolute atomic E-state index is 0.0315. The van der Waals surface area contributed by atoms with Gasteiger partial charge in [-0.2, -0.15) is 0 Å². The summed E-state index contributed by atoms with van der Waals surface area (Å²) in [6, 6.07) is 10.6. The molecule has 7 heteroatoms. The van der Waals surface area contributed by atoms with E-state index >= 15 is 0 Å². The number of hydrogen-bond donors (Lipinski definition) is 2. The standard InChI is InChI=1S/C23H25N3O3S/c1-14-4-6-17(27)11-18(14)23(22(29)24-3)8-9-26(15(2)12-23)21(28)16-5-7-19-20(10-16)30-13-25-19/h4-7,10-11,13,15,27H,8-9,12H2,1-3H3,(H,24,29). The van der Waals surface area contributed by atoms with Gasteiger partial charge in [-0.3, -0.25) is 9.59 Å². The average molecular weight is 424 g/mol. The van der Waals surface area contributed by atoms with Crippen LogP contribution in [0.4, 0.5) is 0 Å². The molecule has 1 aliphatic heterocycles. The molecule has 1 aromatic heterocycles. The number of phenolic OH excluding ortho intramolecular Hbond substituents is 1. The fourth-order valence-electron chi connectivity index (χ4n) is 4.64. The van der Waals surface area contributed by atoms with E-state index in [-0.39, 0.29) is 23.6 Å². The van der Waals surface area contributed by atoms with Gasteiger partial charge in [0, 0.05) is 25.2 Å². The van der Waals surface area contributed by atoms with Gasteiger partial charge in [-0.1, -0.05) is 6.07 Å². The van der Waals surface area contributed by atoms with Crippen LogP contribution in [-0.2, 0) is 10.2 Å². The smallest absolute Gasteiger partial charge is 0.254 e. The van der Waals surface area contributed by atoms with Gasteiger partial charge in [0.15, 0.2) is 0 Å². The molecule has 0 radical (unpaired) electrons. The number of likely N-dealkylation sites (N-methyl/N-ethyl adjacent to an activating group) is 1. The van der Waals surface area contributed by atoms with E-state index in [1.165, 1.54) is 11.3 Å². The van der Waals surface area contributed by atoms with E-state index in [0.717, 1.165) is 21.3 Å². The Hall–Kier alpha value is -2.93. The third kappa shape index (κ3) is 3.33. The van der Waals surface area contributed by atoms with Crippen LogP contribution in [0.2, 0.25) is 0 Å². The van der Waals surface area contributed by atoms with E-state index in [1.807, 2.05) is 43.0 Å². The zero-order chi connectivity index (χ0) is 21.5. The molecular weight excluding hydrogens is 398 g/mol. The van der Waals surface area contributed by atoms with Gasteiger partial charge < -0.3 is 15.3 Å². The van der Waals surface area contributed by atoms with Crippen molar-refractivity contribution in [3.8, 4) is 5.75 Å². The molecule has 6 nitrogen and oxygen atoms in total. The first kappa shape index (κ1) is 20.3. The molecule has 2 unspecified atom stereocenters. The normalized spacial score (nSPS) is 21.6. The highest BCUT2D eigenvalue weighted by Gasteiger charge is 2.47. The van der Waals surface area contributed by atoms with Crippen molar-refractivity contribution in [2.45, 2.75) is 38.1 Å². The van der Waals surface area contributed by atoms with E-state index < -0.39 is 5.41 Å². The zero-order valence-corrected chi connectivity index (χ0v) is 18.1. The molecule has 0 spiro atoms. The van der Waals surface area contributed by atoms with Gasteiger partial charge in [-0.25, -0.2) is 4.98 Å². The lowest BCUT2D eigenvalue weighted by Gasteiger charge is -2.45. The third-order valence-corrected chi connectivity index (χ3v) is 6.98. The topological polar surface area (TPSA) is 82.5 Å². The summed E-state index contributed by atoms with van der Waals surface area (Å²) >= 11 is 1.51. The Labute approximate surface area is 179 Å². The maximum atomic E-state index is 13.3. The number of fused-ring (bicyclic) bond motifs is 1. The fourth-order valence-corrected chi connectivity index (χ4v) is 5.36. The number of thiazole rings is 1. The minimum Gasteiger partial charge on any atom is -0.508 e. The number of nitrogens with one attached hydrogen (secondary N) is 1. The second kappa shape index (κ2) is 7.72. The van der Waals surface area contributed by atoms with Gasteiger partial charge >= 0.3 is 0 Å². The molecule has 2 heterocycles. The highest BCUT2D eigenvalue weighted by molar-refractivity contribution is 7.16. The Morgan fingerprint density at radius 2 is 2.07 bits per heavy atom. The highest BCUT2D eigenvalue weighted by atomic mass is 32.1. The SMILES string of the molecule is CNC(=O)C1(c2cc(O)ccc2C)CCN(C(=O)c2ccc3ncsc3c2)C(C)C1. The molecule has 1 fully saturated rings. The van der Waals surface area contributed by atoms with Crippen molar-refractivity contribution >= 4 is 33.4 Å². The lowest BCUT2D eigenvalue weighted by molar-refractivity contribution is -0.128. The lowest BCUT2D eigenvalue weighted by atomic mass is 9.68. The van der Waals surface area contributed by atoms with Crippen molar-refractivity contribution in [2.75, 3.05) is 13.6 Å². The summed E-state index contributed by atoms with van der Waals surface area (Å²) in [5.41, 5.74) is 4.30. The van der Waals surface area contributed by atoms with Gasteiger partial charge in [0.1, 0.15) is 5.75 Å². The molecule has 1 aliphatic rings. The second-order valence-electron chi connectivity index (χ2n) is 8.00. The van der Waals surface area contributed by atoms with Gasteiger partial charge in [0.05, 0.1) is 21.1 Å². The zero-order valence-electron chi connectivity index (χ0n) is 17.3. The number of aryl methyl sites for hydroxylation is 1. The van der Waals surface area contributed by atoms with Crippen LogP contribution in [-0.4, -0.2) is 46.4 Å². The Balaban J connectivity index is 1.65. The minimum atomic E-state index is -0.782. The number of aromatic hydroxyl groups is 1. The highest BCUT2D eigenvalue weighted by Crippen LogP contribution is 2.41. The largest absolute Gasteiger partial charge is 0.508 e. The van der Waals surface area contributed by atoms with Crippen LogP contribution in [0.15, 0.2) is 41.9 Å². The summed E-state index contributed by atoms with van der Waals surface area (Å²) in [7, 11) is 1.63. The van der Waals surface area contributed by atoms with Crippen LogP contribution in [0.1, 0.15) is 41.3 Å². The predicted octanol–water partition coefficient (Wildman–Crippen LogP) is 3.62. The van der Waals surface area contributed by atoms with Crippen molar-refractivity contribution in [3.05, 3.63) is 58.6 Å². The Morgan fingerprint density at radius 3 is 2.80 bits per heavy atom. The van der Waals surface area contributed by atoms with Crippen LogP contribution < -0.4 is 5.32 Å². The molecule has 0 saturated carbocycles. The molecule has 1 saturated heterocycles. The third-order valence-electron chi connectivity index (χ3n) is 6.19. The number of hydrogen-bond acceptors (Lipinski definition) is 5. The molecule has 30 heavy (non-hydrogen) atoms. The summed E-state index contributed by atoms with van der Waals surface area (Å²) in [4.78, 5) is 32.4. The lowest BCUT2D eigenvalue weighted by Crippen LogP contribution is -2.55. The van der Waals surface area contributed by atoms with Crippen LogP contribution in [0.5, 0.6) is 5.75 Å². The van der Waals surface area contributed by atoms with E-state index in [1.54, 1.807) is 24.7 Å². The van der Waals surface area contributed by atoms with E-state index in [0.29, 0.717) is 24.9 Å². The average Bonchev–Trinajstić information content (AvgIpc) is 3.22. The maximum Gasteiger partial charge on any atom is 0.254 e. The first-order chi connectivity index (χ1) is 14.4. The molecule has 156 valence electrons. The van der Waals surface area contributed by atoms with Crippen molar-refractivity contribution in [1.82, 2.24) is 15.2 Å². The van der Waals surface area contributed by atoms with Gasteiger partial charge in [0.25, 0.3) is 5.91 Å². The molecule has 2 N–H and O–H groups in total. The number of phenols is 1. The number of rotatable bonds is 3. The first-order valence-corrected chi connectivity index (χ1v) is 10.9. The molecule has 2 amide bonds. The van der Waals surface area contributed by atoms with Crippen molar-refractivity contribution < 1.29 is 14.7 Å². The number of nitrogens with zero attached hydrogens (tertiary/aromatic N) is 2. The summed E-state index contributed by atoms with van der Waals surface area (Å²) in [6.07, 6.45) is 0.987. The summed E-state index contributed by atoms with van der Waals surface area (Å²) in [5.74, 6) is 0.0278. The number of aromatic nitrogens is 1. The number of carbonyl (C=O) groups is 2. The second-order valence-corrected chi connectivity index (χ2v) is 8.88. The fraction of sp³-hybridized carbons (Fsp3) is 0.348. The first-order valence-electron chi connectivity index (χ1n) is 10.0. The Bertz CT molecular complexity index is 1130. The monoisotopic (exact) mass is 423 g/mol. The number of piperidine rings is 1. The van der Waals surface area contributed by atoms with E-state index in [2.05, 4.69) is 10.3 Å².